The Morgan fingerprint density at radius 1 is 1.28 bits per heavy atom. The lowest BCUT2D eigenvalue weighted by atomic mass is 10.2. The molecular weight excluding hydrogens is 243 g/mol. The van der Waals surface area contributed by atoms with Crippen LogP contribution in [0.3, 0.4) is 0 Å². The molecule has 1 N–H and O–H groups in total. The third-order valence-electron chi connectivity index (χ3n) is 2.13. The molecule has 1 aromatic rings. The molecule has 1 aromatic carbocycles. The highest BCUT2D eigenvalue weighted by Gasteiger charge is 2.31. The highest BCUT2D eigenvalue weighted by atomic mass is 19.4. The predicted molar refractivity (Wildman–Crippen MR) is 65.3 cm³/mol. The smallest absolute Gasteiger partial charge is 0.405 e. The Labute approximate surface area is 104 Å². The van der Waals surface area contributed by atoms with Crippen molar-refractivity contribution in [3.63, 3.8) is 0 Å². The first-order chi connectivity index (χ1) is 8.53. The van der Waals surface area contributed by atoms with Crippen LogP contribution in [0.4, 0.5) is 13.2 Å². The number of rotatable bonds is 6. The molecule has 0 atom stereocenters. The van der Waals surface area contributed by atoms with Gasteiger partial charge in [-0.15, -0.1) is 13.2 Å². The normalized spacial score (nSPS) is 12.0. The average Bonchev–Trinajstić information content (AvgIpc) is 2.29. The Kier molecular flexibility index (Phi) is 5.71. The molecule has 0 unspecified atom stereocenters. The molecule has 18 heavy (non-hydrogen) atoms. The monoisotopic (exact) mass is 259 g/mol. The number of ether oxygens (including phenoxy) is 1. The second-order valence-electron chi connectivity index (χ2n) is 3.69. The summed E-state index contributed by atoms with van der Waals surface area (Å²) in [5.74, 6) is -0.184. The Morgan fingerprint density at radius 3 is 2.67 bits per heavy atom. The van der Waals surface area contributed by atoms with Crippen LogP contribution in [0, 0.1) is 0 Å². The summed E-state index contributed by atoms with van der Waals surface area (Å²) in [6, 6.07) is 6.06. The molecule has 100 valence electrons. The molecule has 0 aliphatic rings. The summed E-state index contributed by atoms with van der Waals surface area (Å²) >= 11 is 0. The maximum absolute atomic E-state index is 12.2. The Bertz CT molecular complexity index is 388. The zero-order valence-electron chi connectivity index (χ0n) is 10.1. The largest absolute Gasteiger partial charge is 0.573 e. The van der Waals surface area contributed by atoms with Crippen molar-refractivity contribution in [2.75, 3.05) is 13.1 Å². The fourth-order valence-corrected chi connectivity index (χ4v) is 1.38. The van der Waals surface area contributed by atoms with Crippen LogP contribution in [0.25, 0.3) is 6.08 Å². The first-order valence-electron chi connectivity index (χ1n) is 5.75. The molecule has 0 saturated heterocycles. The van der Waals surface area contributed by atoms with Crippen LogP contribution in [-0.2, 0) is 0 Å². The summed E-state index contributed by atoms with van der Waals surface area (Å²) in [6.45, 7) is 3.54. The molecular formula is C13H16F3NO. The zero-order chi connectivity index (χ0) is 13.4. The summed E-state index contributed by atoms with van der Waals surface area (Å²) in [6.07, 6.45) is -0.260. The maximum Gasteiger partial charge on any atom is 0.573 e. The van der Waals surface area contributed by atoms with E-state index in [1.165, 1.54) is 12.1 Å². The van der Waals surface area contributed by atoms with Gasteiger partial charge >= 0.3 is 6.36 Å². The van der Waals surface area contributed by atoms with Crippen LogP contribution < -0.4 is 10.1 Å². The van der Waals surface area contributed by atoms with Gasteiger partial charge < -0.3 is 10.1 Å². The number of para-hydroxylation sites is 1. The molecule has 0 amide bonds. The van der Waals surface area contributed by atoms with Gasteiger partial charge in [-0.3, -0.25) is 0 Å². The Balaban J connectivity index is 2.64. The van der Waals surface area contributed by atoms with Gasteiger partial charge in [-0.2, -0.15) is 0 Å². The molecule has 0 radical (unpaired) electrons. The second kappa shape index (κ2) is 7.06. The lowest BCUT2D eigenvalue weighted by molar-refractivity contribution is -0.274. The summed E-state index contributed by atoms with van der Waals surface area (Å²) in [5, 5.41) is 3.12. The van der Waals surface area contributed by atoms with Crippen molar-refractivity contribution in [3.8, 4) is 5.75 Å². The van der Waals surface area contributed by atoms with Crippen LogP contribution in [0.5, 0.6) is 5.75 Å². The number of hydrogen-bond acceptors (Lipinski definition) is 2. The van der Waals surface area contributed by atoms with E-state index in [9.17, 15) is 13.2 Å². The third-order valence-corrected chi connectivity index (χ3v) is 2.13. The highest BCUT2D eigenvalue weighted by Crippen LogP contribution is 2.26. The van der Waals surface area contributed by atoms with E-state index in [0.717, 1.165) is 13.0 Å². The van der Waals surface area contributed by atoms with E-state index >= 15 is 0 Å². The SMILES string of the molecule is CCCNCC=Cc1ccccc1OC(F)(F)F. The molecule has 1 rings (SSSR count). The van der Waals surface area contributed by atoms with Gasteiger partial charge in [0.15, 0.2) is 0 Å². The minimum atomic E-state index is -4.66. The number of alkyl halides is 3. The molecule has 0 heterocycles. The van der Waals surface area contributed by atoms with Crippen molar-refractivity contribution in [3.05, 3.63) is 35.9 Å². The van der Waals surface area contributed by atoms with Gasteiger partial charge in [-0.1, -0.05) is 37.3 Å². The predicted octanol–water partition coefficient (Wildman–Crippen LogP) is 3.60. The van der Waals surface area contributed by atoms with Crippen molar-refractivity contribution >= 4 is 6.08 Å². The molecule has 5 heteroatoms. The molecule has 0 aliphatic heterocycles. The van der Waals surface area contributed by atoms with Gasteiger partial charge in [0.1, 0.15) is 5.75 Å². The van der Waals surface area contributed by atoms with Gasteiger partial charge in [0, 0.05) is 12.1 Å². The second-order valence-corrected chi connectivity index (χ2v) is 3.69. The molecule has 2 nitrogen and oxygen atoms in total. The molecule has 0 saturated carbocycles. The lowest BCUT2D eigenvalue weighted by Gasteiger charge is -2.10. The van der Waals surface area contributed by atoms with E-state index < -0.39 is 6.36 Å². The zero-order valence-corrected chi connectivity index (χ0v) is 10.1. The van der Waals surface area contributed by atoms with Crippen molar-refractivity contribution < 1.29 is 17.9 Å². The lowest BCUT2D eigenvalue weighted by Crippen LogP contribution is -2.17. The van der Waals surface area contributed by atoms with E-state index in [0.29, 0.717) is 12.1 Å². The topological polar surface area (TPSA) is 21.3 Å². The number of hydrogen-bond donors (Lipinski definition) is 1. The van der Waals surface area contributed by atoms with Crippen LogP contribution in [0.1, 0.15) is 18.9 Å². The molecule has 0 fully saturated rings. The summed E-state index contributed by atoms with van der Waals surface area (Å²) in [5.41, 5.74) is 0.410. The van der Waals surface area contributed by atoms with Gasteiger partial charge in [0.2, 0.25) is 0 Å². The van der Waals surface area contributed by atoms with Crippen molar-refractivity contribution in [2.24, 2.45) is 0 Å². The number of nitrogens with one attached hydrogen (secondary N) is 1. The minimum Gasteiger partial charge on any atom is -0.405 e. The van der Waals surface area contributed by atoms with Gasteiger partial charge in [-0.25, -0.2) is 0 Å². The summed E-state index contributed by atoms with van der Waals surface area (Å²) < 4.78 is 40.4. The van der Waals surface area contributed by atoms with Gasteiger partial charge in [-0.05, 0) is 19.0 Å². The fourth-order valence-electron chi connectivity index (χ4n) is 1.38. The molecule has 0 aliphatic carbocycles. The van der Waals surface area contributed by atoms with Crippen LogP contribution in [0.15, 0.2) is 30.3 Å². The molecule has 0 aromatic heterocycles. The highest BCUT2D eigenvalue weighted by molar-refractivity contribution is 5.57. The first-order valence-corrected chi connectivity index (χ1v) is 5.75. The first kappa shape index (κ1) is 14.6. The van der Waals surface area contributed by atoms with Crippen LogP contribution in [0.2, 0.25) is 0 Å². The summed E-state index contributed by atoms with van der Waals surface area (Å²) in [7, 11) is 0. The average molecular weight is 259 g/mol. The van der Waals surface area contributed by atoms with E-state index in [1.54, 1.807) is 24.3 Å². The van der Waals surface area contributed by atoms with Crippen LogP contribution in [-0.4, -0.2) is 19.5 Å². The van der Waals surface area contributed by atoms with Crippen LogP contribution >= 0.6 is 0 Å². The van der Waals surface area contributed by atoms with Crippen molar-refractivity contribution in [2.45, 2.75) is 19.7 Å². The van der Waals surface area contributed by atoms with E-state index in [2.05, 4.69) is 10.1 Å². The number of benzene rings is 1. The van der Waals surface area contributed by atoms with Crippen molar-refractivity contribution in [1.29, 1.82) is 0 Å². The van der Waals surface area contributed by atoms with Gasteiger partial charge in [0.05, 0.1) is 0 Å². The Morgan fingerprint density at radius 2 is 2.00 bits per heavy atom. The maximum atomic E-state index is 12.2. The van der Waals surface area contributed by atoms with E-state index in [-0.39, 0.29) is 5.75 Å². The molecule has 0 bridgehead atoms. The Hall–Kier alpha value is -1.49. The quantitative estimate of drug-likeness (QED) is 0.788. The molecule has 0 spiro atoms. The standard InChI is InChI=1S/C13H16F3NO/c1-2-9-17-10-5-7-11-6-3-4-8-12(11)18-13(14,15)16/h3-8,17H,2,9-10H2,1H3. The van der Waals surface area contributed by atoms with Gasteiger partial charge in [0.25, 0.3) is 0 Å². The number of halogens is 3. The minimum absolute atomic E-state index is 0.184. The fraction of sp³-hybridized carbons (Fsp3) is 0.385. The van der Waals surface area contributed by atoms with E-state index in [1.807, 2.05) is 6.92 Å². The van der Waals surface area contributed by atoms with E-state index in [4.69, 9.17) is 0 Å². The third kappa shape index (κ3) is 5.72. The summed E-state index contributed by atoms with van der Waals surface area (Å²) in [4.78, 5) is 0. The van der Waals surface area contributed by atoms with Crippen molar-refractivity contribution in [1.82, 2.24) is 5.32 Å².